The van der Waals surface area contributed by atoms with E-state index in [2.05, 4.69) is 15.3 Å². The van der Waals surface area contributed by atoms with E-state index in [1.165, 1.54) is 12.1 Å². The SMILES string of the molecule is COCCN1CCC(c2ccc(F)c(F)c2)C1.Cc1c(C2CC(O)C2)nn(-c2ccccc2)c1NC(N)=O. The molecule has 1 aromatic heterocycles. The zero-order chi connectivity index (χ0) is 27.2. The Labute approximate surface area is 221 Å². The number of nitrogens with two attached hydrogens (primary N) is 1. The molecule has 1 aliphatic carbocycles. The average molecular weight is 528 g/mol. The number of hydrogen-bond donors (Lipinski definition) is 3. The summed E-state index contributed by atoms with van der Waals surface area (Å²) in [5.41, 5.74) is 8.82. The molecule has 0 spiro atoms. The number of hydrogen-bond acceptors (Lipinski definition) is 5. The van der Waals surface area contributed by atoms with Gasteiger partial charge in [0, 0.05) is 31.7 Å². The first-order chi connectivity index (χ1) is 18.3. The van der Waals surface area contributed by atoms with Gasteiger partial charge in [-0.3, -0.25) is 5.32 Å². The Hall–Kier alpha value is -3.34. The van der Waals surface area contributed by atoms with Gasteiger partial charge in [-0.1, -0.05) is 24.3 Å². The summed E-state index contributed by atoms with van der Waals surface area (Å²) < 4.78 is 32.7. The molecule has 3 aromatic rings. The molecule has 38 heavy (non-hydrogen) atoms. The Bertz CT molecular complexity index is 1230. The maximum Gasteiger partial charge on any atom is 0.317 e. The Morgan fingerprint density at radius 2 is 1.89 bits per heavy atom. The number of halogens is 2. The Morgan fingerprint density at radius 3 is 2.53 bits per heavy atom. The highest BCUT2D eigenvalue weighted by Crippen LogP contribution is 2.40. The summed E-state index contributed by atoms with van der Waals surface area (Å²) in [5.74, 6) is -0.397. The Morgan fingerprint density at radius 1 is 1.16 bits per heavy atom. The number of carbonyl (C=O) groups excluding carboxylic acids is 1. The maximum absolute atomic E-state index is 13.1. The van der Waals surface area contributed by atoms with Crippen molar-refractivity contribution in [3.8, 4) is 5.69 Å². The molecule has 204 valence electrons. The molecule has 1 unspecified atom stereocenters. The Balaban J connectivity index is 0.000000181. The normalized spacial score (nSPS) is 20.9. The zero-order valence-corrected chi connectivity index (χ0v) is 21.7. The van der Waals surface area contributed by atoms with Crippen LogP contribution in [0.2, 0.25) is 0 Å². The van der Waals surface area contributed by atoms with Crippen molar-refractivity contribution in [1.29, 1.82) is 0 Å². The predicted octanol–water partition coefficient (Wildman–Crippen LogP) is 4.31. The molecule has 5 rings (SSSR count). The minimum Gasteiger partial charge on any atom is -0.393 e. The van der Waals surface area contributed by atoms with Gasteiger partial charge in [0.2, 0.25) is 0 Å². The minimum atomic E-state index is -0.775. The first kappa shape index (κ1) is 27.7. The quantitative estimate of drug-likeness (QED) is 0.425. The van der Waals surface area contributed by atoms with Gasteiger partial charge in [-0.05, 0) is 68.5 Å². The van der Waals surface area contributed by atoms with Crippen LogP contribution in [-0.4, -0.2) is 65.3 Å². The molecule has 2 amide bonds. The second-order valence-electron chi connectivity index (χ2n) is 9.87. The van der Waals surface area contributed by atoms with E-state index in [0.29, 0.717) is 31.2 Å². The second kappa shape index (κ2) is 12.5. The van der Waals surface area contributed by atoms with E-state index in [0.717, 1.165) is 48.6 Å². The van der Waals surface area contributed by atoms with Crippen molar-refractivity contribution in [1.82, 2.24) is 14.7 Å². The van der Waals surface area contributed by atoms with Gasteiger partial charge >= 0.3 is 6.03 Å². The van der Waals surface area contributed by atoms with Gasteiger partial charge in [0.1, 0.15) is 5.82 Å². The van der Waals surface area contributed by atoms with Crippen molar-refractivity contribution in [2.75, 3.05) is 38.7 Å². The average Bonchev–Trinajstić information content (AvgIpc) is 3.48. The number of amides is 2. The summed E-state index contributed by atoms with van der Waals surface area (Å²) in [6.07, 6.45) is 2.17. The summed E-state index contributed by atoms with van der Waals surface area (Å²) >= 11 is 0. The predicted molar refractivity (Wildman–Crippen MR) is 142 cm³/mol. The molecule has 2 heterocycles. The van der Waals surface area contributed by atoms with Gasteiger partial charge in [0.25, 0.3) is 0 Å². The summed E-state index contributed by atoms with van der Waals surface area (Å²) in [6, 6.07) is 13.2. The van der Waals surface area contributed by atoms with Crippen LogP contribution in [0.25, 0.3) is 5.69 Å². The van der Waals surface area contributed by atoms with E-state index < -0.39 is 17.7 Å². The summed E-state index contributed by atoms with van der Waals surface area (Å²) in [4.78, 5) is 13.5. The molecular weight excluding hydrogens is 492 g/mol. The lowest BCUT2D eigenvalue weighted by Gasteiger charge is -2.30. The number of nitrogens with one attached hydrogen (secondary N) is 1. The maximum atomic E-state index is 13.1. The van der Waals surface area contributed by atoms with E-state index in [1.807, 2.05) is 37.3 Å². The number of benzene rings is 2. The van der Waals surface area contributed by atoms with Crippen LogP contribution < -0.4 is 11.1 Å². The first-order valence-electron chi connectivity index (χ1n) is 12.8. The number of nitrogens with zero attached hydrogens (tertiary/aromatic N) is 3. The number of carbonyl (C=O) groups is 1. The molecule has 1 aliphatic heterocycles. The molecule has 1 saturated carbocycles. The van der Waals surface area contributed by atoms with Crippen LogP contribution in [0.5, 0.6) is 0 Å². The van der Waals surface area contributed by atoms with Crippen LogP contribution in [-0.2, 0) is 4.74 Å². The Kier molecular flexibility index (Phi) is 9.09. The number of likely N-dealkylation sites (tertiary alicyclic amines) is 1. The number of aliphatic hydroxyl groups is 1. The largest absolute Gasteiger partial charge is 0.393 e. The number of para-hydroxylation sites is 1. The minimum absolute atomic E-state index is 0.235. The lowest BCUT2D eigenvalue weighted by molar-refractivity contribution is 0.0729. The fourth-order valence-electron chi connectivity index (χ4n) is 5.03. The van der Waals surface area contributed by atoms with Crippen molar-refractivity contribution in [2.45, 2.75) is 44.1 Å². The summed E-state index contributed by atoms with van der Waals surface area (Å²) in [5, 5.41) is 16.8. The number of aliphatic hydroxyl groups excluding tert-OH is 1. The lowest BCUT2D eigenvalue weighted by Crippen LogP contribution is -2.27. The van der Waals surface area contributed by atoms with Crippen LogP contribution in [0, 0.1) is 18.6 Å². The molecule has 10 heteroatoms. The number of ether oxygens (including phenoxy) is 1. The van der Waals surface area contributed by atoms with Crippen molar-refractivity contribution in [3.05, 3.63) is 77.0 Å². The molecule has 2 aromatic carbocycles. The standard InChI is InChI=1S/C15H18N4O2.C13H17F2NO/c1-9-13(10-7-12(20)8-10)18-19(14(9)17-15(16)21)11-5-3-2-4-6-11;1-17-7-6-16-5-4-11(9-16)10-2-3-12(14)13(15)8-10/h2-6,10,12,20H,7-8H2,1H3,(H3,16,17,21);2-3,8,11H,4-7,9H2,1H3. The number of primary amides is 1. The summed E-state index contributed by atoms with van der Waals surface area (Å²) in [7, 11) is 1.68. The molecule has 1 atom stereocenters. The third-order valence-electron chi connectivity index (χ3n) is 7.20. The second-order valence-corrected chi connectivity index (χ2v) is 9.87. The van der Waals surface area contributed by atoms with Crippen molar-refractivity contribution >= 4 is 11.8 Å². The van der Waals surface area contributed by atoms with E-state index in [9.17, 15) is 18.7 Å². The van der Waals surface area contributed by atoms with E-state index in [1.54, 1.807) is 17.9 Å². The molecule has 1 saturated heterocycles. The van der Waals surface area contributed by atoms with Gasteiger partial charge in [-0.15, -0.1) is 0 Å². The van der Waals surface area contributed by atoms with Crippen molar-refractivity contribution in [3.63, 3.8) is 0 Å². The van der Waals surface area contributed by atoms with E-state index in [4.69, 9.17) is 10.5 Å². The van der Waals surface area contributed by atoms with Gasteiger partial charge < -0.3 is 20.5 Å². The first-order valence-corrected chi connectivity index (χ1v) is 12.8. The number of methoxy groups -OCH3 is 1. The fourth-order valence-corrected chi connectivity index (χ4v) is 5.03. The van der Waals surface area contributed by atoms with Crippen LogP contribution in [0.3, 0.4) is 0 Å². The fraction of sp³-hybridized carbons (Fsp3) is 0.429. The number of rotatable bonds is 7. The van der Waals surface area contributed by atoms with Gasteiger partial charge in [0.05, 0.1) is 24.1 Å². The van der Waals surface area contributed by atoms with Crippen LogP contribution in [0.4, 0.5) is 19.4 Å². The third-order valence-corrected chi connectivity index (χ3v) is 7.20. The number of aromatic nitrogens is 2. The van der Waals surface area contributed by atoms with E-state index in [-0.39, 0.29) is 12.0 Å². The summed E-state index contributed by atoms with van der Waals surface area (Å²) in [6.45, 7) is 5.42. The highest BCUT2D eigenvalue weighted by molar-refractivity contribution is 5.88. The number of anilines is 1. The highest BCUT2D eigenvalue weighted by atomic mass is 19.2. The number of urea groups is 1. The van der Waals surface area contributed by atoms with Crippen LogP contribution >= 0.6 is 0 Å². The molecular formula is C28H35F2N5O3. The zero-order valence-electron chi connectivity index (χ0n) is 21.7. The highest BCUT2D eigenvalue weighted by Gasteiger charge is 2.33. The van der Waals surface area contributed by atoms with Gasteiger partial charge in [0.15, 0.2) is 11.6 Å². The monoisotopic (exact) mass is 527 g/mol. The smallest absolute Gasteiger partial charge is 0.317 e. The van der Waals surface area contributed by atoms with E-state index >= 15 is 0 Å². The molecule has 0 radical (unpaired) electrons. The molecule has 2 aliphatic rings. The van der Waals surface area contributed by atoms with Crippen LogP contribution in [0.1, 0.15) is 47.9 Å². The molecule has 0 bridgehead atoms. The van der Waals surface area contributed by atoms with Gasteiger partial charge in [-0.25, -0.2) is 18.3 Å². The molecule has 2 fully saturated rings. The van der Waals surface area contributed by atoms with Gasteiger partial charge in [-0.2, -0.15) is 5.10 Å². The third kappa shape index (κ3) is 6.56. The molecule has 8 nitrogen and oxygen atoms in total. The van der Waals surface area contributed by atoms with Crippen molar-refractivity contribution in [2.24, 2.45) is 5.73 Å². The lowest BCUT2D eigenvalue weighted by atomic mass is 9.79. The van der Waals surface area contributed by atoms with Crippen molar-refractivity contribution < 1.29 is 23.4 Å². The van der Waals surface area contributed by atoms with Crippen LogP contribution in [0.15, 0.2) is 48.5 Å². The molecule has 4 N–H and O–H groups in total. The topological polar surface area (TPSA) is 106 Å².